The van der Waals surface area contributed by atoms with Crippen LogP contribution in [0.5, 0.6) is 0 Å². The quantitative estimate of drug-likeness (QED) is 0.120. The van der Waals surface area contributed by atoms with Crippen LogP contribution in [0.2, 0.25) is 0 Å². The van der Waals surface area contributed by atoms with Crippen LogP contribution in [0.25, 0.3) is 0 Å². The van der Waals surface area contributed by atoms with E-state index < -0.39 is 41.6 Å². The van der Waals surface area contributed by atoms with Gasteiger partial charge in [0.25, 0.3) is 0 Å². The molecule has 0 aliphatic rings. The molecule has 16 nitrogen and oxygen atoms in total. The van der Waals surface area contributed by atoms with Gasteiger partial charge in [-0.3, -0.25) is 36.4 Å². The molecule has 0 rings (SSSR count). The van der Waals surface area contributed by atoms with Gasteiger partial charge in [-0.05, 0) is 0 Å². The molecular weight excluding hydrogens is 508 g/mol. The van der Waals surface area contributed by atoms with E-state index in [2.05, 4.69) is 0 Å². The van der Waals surface area contributed by atoms with Crippen molar-refractivity contribution in [2.75, 3.05) is 0 Å². The summed E-state index contributed by atoms with van der Waals surface area (Å²) in [6, 6.07) is 0. The van der Waals surface area contributed by atoms with Crippen LogP contribution < -0.4 is 0 Å². The van der Waals surface area contributed by atoms with E-state index in [9.17, 15) is 0 Å². The lowest BCUT2D eigenvalue weighted by molar-refractivity contribution is 0.378. The van der Waals surface area contributed by atoms with Crippen molar-refractivity contribution in [1.82, 2.24) is 0 Å². The molecule has 0 aliphatic heterocycles. The predicted molar refractivity (Wildman–Crippen MR) is 101 cm³/mol. The third kappa shape index (κ3) is 7940. The first-order valence-electron chi connectivity index (χ1n) is 2.79. The van der Waals surface area contributed by atoms with Gasteiger partial charge in [0.2, 0.25) is 0 Å². The second-order valence-corrected chi connectivity index (χ2v) is 5.37. The van der Waals surface area contributed by atoms with Crippen molar-refractivity contribution in [2.45, 2.75) is 0 Å². The highest BCUT2D eigenvalue weighted by atomic mass is 32.3. The van der Waals surface area contributed by atoms with E-state index in [1.807, 2.05) is 0 Å². The molecule has 0 amide bonds. The smallest absolute Gasteiger partial charge is 0.264 e. The first-order chi connectivity index (χ1) is 8.00. The van der Waals surface area contributed by atoms with E-state index in [1.165, 1.54) is 0 Å². The molecule has 0 heterocycles. The molecular formula is H20O16P4S4. The zero-order valence-electron chi connectivity index (χ0n) is 11.3. The standard InChI is InChI=1S/4H2O4S.4H3P/c4*1-5(2,3)4;;;;/h4*(H2,1,2,3,4);4*1H3. The van der Waals surface area contributed by atoms with Crippen molar-refractivity contribution in [3.63, 3.8) is 0 Å². The van der Waals surface area contributed by atoms with E-state index in [-0.39, 0.29) is 39.6 Å². The summed E-state index contributed by atoms with van der Waals surface area (Å²) in [5.74, 6) is 0. The Balaban J connectivity index is -0.0000000225. The minimum atomic E-state index is -4.67. The first-order valence-corrected chi connectivity index (χ1v) is 8.38. The lowest BCUT2D eigenvalue weighted by Gasteiger charge is -1.68. The number of hydrogen-bond acceptors (Lipinski definition) is 8. The monoisotopic (exact) mass is 528 g/mol. The Bertz CT molecular complexity index is 483. The maximum absolute atomic E-state index is 8.74. The molecule has 0 saturated heterocycles. The molecule has 0 radical (unpaired) electrons. The summed E-state index contributed by atoms with van der Waals surface area (Å²) in [7, 11) is -18.7. The van der Waals surface area contributed by atoms with Crippen molar-refractivity contribution < 1.29 is 70.1 Å². The minimum Gasteiger partial charge on any atom is -0.264 e. The lowest BCUT2D eigenvalue weighted by Crippen LogP contribution is -1.89. The summed E-state index contributed by atoms with van der Waals surface area (Å²) in [6.45, 7) is 0. The van der Waals surface area contributed by atoms with Crippen LogP contribution in [0.15, 0.2) is 0 Å². The summed E-state index contributed by atoms with van der Waals surface area (Å²) >= 11 is 0. The van der Waals surface area contributed by atoms with Crippen LogP contribution in [-0.4, -0.2) is 70.1 Å². The minimum absolute atomic E-state index is 0. The maximum Gasteiger partial charge on any atom is 0.394 e. The maximum atomic E-state index is 8.74. The molecule has 8 N–H and O–H groups in total. The van der Waals surface area contributed by atoms with E-state index in [0.717, 1.165) is 0 Å². The Morgan fingerprint density at radius 3 is 0.292 bits per heavy atom. The first kappa shape index (κ1) is 49.9. The highest BCUT2D eigenvalue weighted by Gasteiger charge is 1.86. The molecule has 24 heteroatoms. The second-order valence-electron chi connectivity index (χ2n) is 1.79. The molecule has 0 bridgehead atoms. The molecule has 0 fully saturated rings. The van der Waals surface area contributed by atoms with Gasteiger partial charge in [0, 0.05) is 0 Å². The van der Waals surface area contributed by atoms with Crippen molar-refractivity contribution >= 4 is 81.2 Å². The van der Waals surface area contributed by atoms with Gasteiger partial charge < -0.3 is 0 Å². The third-order valence-electron chi connectivity index (χ3n) is 0. The highest BCUT2D eigenvalue weighted by Crippen LogP contribution is 1.60. The van der Waals surface area contributed by atoms with Gasteiger partial charge in [-0.2, -0.15) is 73.3 Å². The molecule has 0 aliphatic carbocycles. The Hall–Kier alpha value is 1.20. The molecule has 0 saturated carbocycles. The van der Waals surface area contributed by atoms with Gasteiger partial charge in [0.15, 0.2) is 0 Å². The zero-order valence-corrected chi connectivity index (χ0v) is 20.2. The van der Waals surface area contributed by atoms with Crippen LogP contribution in [-0.2, 0) is 41.6 Å². The summed E-state index contributed by atoms with van der Waals surface area (Å²) in [5.41, 5.74) is 0. The van der Waals surface area contributed by atoms with Gasteiger partial charge in [-0.25, -0.2) is 0 Å². The van der Waals surface area contributed by atoms with Crippen LogP contribution >= 0.6 is 39.6 Å². The van der Waals surface area contributed by atoms with Crippen molar-refractivity contribution in [1.29, 1.82) is 0 Å². The summed E-state index contributed by atoms with van der Waals surface area (Å²) < 4.78 is 126. The molecule has 0 spiro atoms. The lowest BCUT2D eigenvalue weighted by atomic mass is 15.8. The highest BCUT2D eigenvalue weighted by molar-refractivity contribution is 7.80. The fraction of sp³-hybridized carbons (Fsp3) is 0. The Labute approximate surface area is 151 Å². The molecule has 160 valence electrons. The Morgan fingerprint density at radius 1 is 0.292 bits per heavy atom. The molecule has 24 heavy (non-hydrogen) atoms. The fourth-order valence-corrected chi connectivity index (χ4v) is 0. The predicted octanol–water partition coefficient (Wildman–Crippen LogP) is -2.38. The summed E-state index contributed by atoms with van der Waals surface area (Å²) in [4.78, 5) is 0. The number of rotatable bonds is 0. The normalized spacial score (nSPS) is 9.67. The van der Waals surface area contributed by atoms with Crippen molar-refractivity contribution in [3.05, 3.63) is 0 Å². The molecule has 4 atom stereocenters. The van der Waals surface area contributed by atoms with Crippen molar-refractivity contribution in [3.8, 4) is 0 Å². The Kier molecular flexibility index (Phi) is 42.6. The Morgan fingerprint density at radius 2 is 0.292 bits per heavy atom. The van der Waals surface area contributed by atoms with Gasteiger partial charge in [0.1, 0.15) is 0 Å². The molecule has 4 unspecified atom stereocenters. The van der Waals surface area contributed by atoms with Crippen molar-refractivity contribution in [2.24, 2.45) is 0 Å². The topological polar surface area (TPSA) is 298 Å². The van der Waals surface area contributed by atoms with E-state index in [4.69, 9.17) is 70.1 Å². The van der Waals surface area contributed by atoms with Gasteiger partial charge in [-0.15, -0.1) is 0 Å². The van der Waals surface area contributed by atoms with Crippen LogP contribution in [0.1, 0.15) is 0 Å². The van der Waals surface area contributed by atoms with Gasteiger partial charge >= 0.3 is 41.6 Å². The van der Waals surface area contributed by atoms with Gasteiger partial charge in [0.05, 0.1) is 0 Å². The summed E-state index contributed by atoms with van der Waals surface area (Å²) in [6.07, 6.45) is 0. The SMILES string of the molecule is O=S(=O)(O)O.O=S(=O)(O)O.O=S(=O)(O)O.O=S(=O)(O)O.P.P.P.P. The molecule has 0 aromatic heterocycles. The number of hydrogen-bond donors (Lipinski definition) is 8. The average molecular weight is 528 g/mol. The molecule has 0 aromatic carbocycles. The van der Waals surface area contributed by atoms with Crippen LogP contribution in [0.3, 0.4) is 0 Å². The largest absolute Gasteiger partial charge is 0.394 e. The fourth-order valence-electron chi connectivity index (χ4n) is 0. The van der Waals surface area contributed by atoms with Crippen LogP contribution in [0, 0.1) is 0 Å². The van der Waals surface area contributed by atoms with Crippen LogP contribution in [0.4, 0.5) is 0 Å². The second kappa shape index (κ2) is 20.5. The summed E-state index contributed by atoms with van der Waals surface area (Å²) in [5, 5.41) is 0. The van der Waals surface area contributed by atoms with E-state index >= 15 is 0 Å². The molecule has 0 aromatic rings. The zero-order chi connectivity index (χ0) is 18.0. The third-order valence-corrected chi connectivity index (χ3v) is 0. The van der Waals surface area contributed by atoms with E-state index in [1.54, 1.807) is 0 Å². The van der Waals surface area contributed by atoms with E-state index in [0.29, 0.717) is 0 Å². The average Bonchev–Trinajstić information content (AvgIpc) is 1.62. The van der Waals surface area contributed by atoms with Gasteiger partial charge in [-0.1, -0.05) is 0 Å².